The maximum atomic E-state index is 13.7. The minimum atomic E-state index is -4.92. The summed E-state index contributed by atoms with van der Waals surface area (Å²) in [7, 11) is 0. The zero-order valence-corrected chi connectivity index (χ0v) is 17.9. The van der Waals surface area contributed by atoms with E-state index in [1.807, 2.05) is 12.3 Å². The van der Waals surface area contributed by atoms with Crippen LogP contribution in [0.25, 0.3) is 5.69 Å². The molecule has 12 heteroatoms. The van der Waals surface area contributed by atoms with Crippen LogP contribution in [0, 0.1) is 12.7 Å². The van der Waals surface area contributed by atoms with Crippen molar-refractivity contribution in [2.45, 2.75) is 22.3 Å². The van der Waals surface area contributed by atoms with E-state index in [0.717, 1.165) is 39.2 Å². The monoisotopic (exact) mass is 479 g/mol. The molecule has 2 aromatic carbocycles. The van der Waals surface area contributed by atoms with Crippen molar-refractivity contribution in [3.05, 3.63) is 76.8 Å². The third kappa shape index (κ3) is 4.81. The highest BCUT2D eigenvalue weighted by Crippen LogP contribution is 2.34. The summed E-state index contributed by atoms with van der Waals surface area (Å²) >= 11 is 2.93. The largest absolute Gasteiger partial charge is 0.435 e. The van der Waals surface area contributed by atoms with Crippen molar-refractivity contribution >= 4 is 34.7 Å². The van der Waals surface area contributed by atoms with E-state index >= 15 is 0 Å². The van der Waals surface area contributed by atoms with Gasteiger partial charge in [0.2, 0.25) is 0 Å². The average molecular weight is 479 g/mol. The van der Waals surface area contributed by atoms with Gasteiger partial charge in [-0.1, -0.05) is 17.0 Å². The molecule has 0 aliphatic rings. The molecule has 0 atom stereocenters. The van der Waals surface area contributed by atoms with Crippen molar-refractivity contribution in [2.75, 3.05) is 5.32 Å². The summed E-state index contributed by atoms with van der Waals surface area (Å²) in [6.45, 7) is 1.89. The van der Waals surface area contributed by atoms with Crippen molar-refractivity contribution in [1.29, 1.82) is 0 Å². The summed E-state index contributed by atoms with van der Waals surface area (Å²) in [4.78, 5) is 17.8. The van der Waals surface area contributed by atoms with Gasteiger partial charge in [0.25, 0.3) is 5.91 Å². The van der Waals surface area contributed by atoms with Gasteiger partial charge in [0.1, 0.15) is 5.82 Å². The highest BCUT2D eigenvalue weighted by atomic mass is 32.2. The van der Waals surface area contributed by atoms with E-state index < -0.39 is 29.3 Å². The average Bonchev–Trinajstić information content (AvgIpc) is 3.36. The van der Waals surface area contributed by atoms with Gasteiger partial charge < -0.3 is 5.32 Å². The van der Waals surface area contributed by atoms with Crippen molar-refractivity contribution in [2.24, 2.45) is 0 Å². The lowest BCUT2D eigenvalue weighted by atomic mass is 10.2. The van der Waals surface area contributed by atoms with Crippen LogP contribution in [0.2, 0.25) is 0 Å². The molecule has 0 aliphatic heterocycles. The van der Waals surface area contributed by atoms with Crippen molar-refractivity contribution in [1.82, 2.24) is 20.0 Å². The predicted octanol–water partition coefficient (Wildman–Crippen LogP) is 5.59. The number of hydrogen-bond donors (Lipinski definition) is 1. The number of aromatic nitrogens is 4. The van der Waals surface area contributed by atoms with Crippen LogP contribution in [-0.4, -0.2) is 25.9 Å². The Labute approximate surface area is 187 Å². The van der Waals surface area contributed by atoms with Crippen molar-refractivity contribution in [3.63, 3.8) is 0 Å². The van der Waals surface area contributed by atoms with E-state index in [2.05, 4.69) is 20.6 Å². The van der Waals surface area contributed by atoms with Gasteiger partial charge in [0.05, 0.1) is 5.69 Å². The van der Waals surface area contributed by atoms with Crippen LogP contribution >= 0.6 is 23.1 Å². The van der Waals surface area contributed by atoms with Crippen molar-refractivity contribution in [3.8, 4) is 5.69 Å². The smallest absolute Gasteiger partial charge is 0.321 e. The lowest BCUT2D eigenvalue weighted by Crippen LogP contribution is -2.21. The van der Waals surface area contributed by atoms with Gasteiger partial charge in [-0.05, 0) is 55.5 Å². The van der Waals surface area contributed by atoms with Gasteiger partial charge in [-0.3, -0.25) is 4.79 Å². The highest BCUT2D eigenvalue weighted by Gasteiger charge is 2.42. The first kappa shape index (κ1) is 22.0. The molecule has 0 unspecified atom stereocenters. The maximum Gasteiger partial charge on any atom is 0.435 e. The molecule has 0 spiro atoms. The molecule has 4 rings (SSSR count). The minimum absolute atomic E-state index is 0.0796. The first-order valence-corrected chi connectivity index (χ1v) is 10.7. The molecule has 2 heterocycles. The third-order valence-corrected chi connectivity index (χ3v) is 6.20. The van der Waals surface area contributed by atoms with Crippen LogP contribution in [-0.2, 0) is 6.18 Å². The number of rotatable bonds is 5. The number of halogens is 4. The molecule has 4 aromatic rings. The SMILES string of the molecule is Cc1csc(Sc2ccc(NC(=O)c3nnn(-c4ccc(F)cc4)c3C(F)(F)F)cc2)n1. The Morgan fingerprint density at radius 3 is 2.38 bits per heavy atom. The van der Waals surface area contributed by atoms with E-state index in [9.17, 15) is 22.4 Å². The summed E-state index contributed by atoms with van der Waals surface area (Å²) in [6.07, 6.45) is -4.92. The zero-order chi connectivity index (χ0) is 22.9. The molecule has 0 fully saturated rings. The number of benzene rings is 2. The van der Waals surface area contributed by atoms with E-state index in [-0.39, 0.29) is 5.69 Å². The molecule has 6 nitrogen and oxygen atoms in total. The first-order valence-electron chi connectivity index (χ1n) is 9.01. The number of alkyl halides is 3. The van der Waals surface area contributed by atoms with Crippen molar-refractivity contribution < 1.29 is 22.4 Å². The second-order valence-electron chi connectivity index (χ2n) is 6.51. The molecule has 1 amide bonds. The lowest BCUT2D eigenvalue weighted by Gasteiger charge is -2.11. The van der Waals surface area contributed by atoms with E-state index in [1.54, 1.807) is 24.3 Å². The van der Waals surface area contributed by atoms with Gasteiger partial charge >= 0.3 is 6.18 Å². The fourth-order valence-corrected chi connectivity index (χ4v) is 4.54. The summed E-state index contributed by atoms with van der Waals surface area (Å²) in [5.41, 5.74) is -1.12. The standard InChI is InChI=1S/C20H13F4N5OS2/c1-11-10-31-19(25-11)32-15-8-4-13(5-9-15)26-18(30)16-17(20(22,23)24)29(28-27-16)14-6-2-12(21)3-7-14/h2-10H,1H3,(H,26,30). The number of amides is 1. The number of anilines is 1. The number of aryl methyl sites for hydroxylation is 1. The van der Waals surface area contributed by atoms with Crippen LogP contribution in [0.4, 0.5) is 23.2 Å². The van der Waals surface area contributed by atoms with Crippen LogP contribution in [0.5, 0.6) is 0 Å². The maximum absolute atomic E-state index is 13.7. The Balaban J connectivity index is 1.56. The number of carbonyl (C=O) groups is 1. The summed E-state index contributed by atoms with van der Waals surface area (Å²) in [5, 5.41) is 11.2. The number of nitrogens with zero attached hydrogens (tertiary/aromatic N) is 4. The molecule has 0 aliphatic carbocycles. The van der Waals surface area contributed by atoms with E-state index in [1.165, 1.54) is 23.1 Å². The first-order chi connectivity index (χ1) is 15.2. The Morgan fingerprint density at radius 1 is 1.09 bits per heavy atom. The lowest BCUT2D eigenvalue weighted by molar-refractivity contribution is -0.143. The Bertz CT molecular complexity index is 1250. The molecule has 164 valence electrons. The van der Waals surface area contributed by atoms with Gasteiger partial charge in [-0.25, -0.2) is 14.1 Å². The number of nitrogens with one attached hydrogen (secondary N) is 1. The molecule has 2 aromatic heterocycles. The van der Waals surface area contributed by atoms with Crippen LogP contribution < -0.4 is 5.32 Å². The Morgan fingerprint density at radius 2 is 1.78 bits per heavy atom. The van der Waals surface area contributed by atoms with Crippen LogP contribution in [0.1, 0.15) is 21.9 Å². The molecule has 32 heavy (non-hydrogen) atoms. The number of hydrogen-bond acceptors (Lipinski definition) is 6. The fraction of sp³-hybridized carbons (Fsp3) is 0.100. The normalized spacial score (nSPS) is 11.5. The summed E-state index contributed by atoms with van der Waals surface area (Å²) in [6, 6.07) is 10.8. The Kier molecular flexibility index (Phi) is 5.98. The van der Waals surface area contributed by atoms with Crippen LogP contribution in [0.15, 0.2) is 63.1 Å². The quantitative estimate of drug-likeness (QED) is 0.378. The van der Waals surface area contributed by atoms with Gasteiger partial charge in [0, 0.05) is 21.7 Å². The molecular formula is C20H13F4N5OS2. The second-order valence-corrected chi connectivity index (χ2v) is 8.69. The summed E-state index contributed by atoms with van der Waals surface area (Å²) in [5.74, 6) is -1.69. The molecular weight excluding hydrogens is 466 g/mol. The molecule has 0 radical (unpaired) electrons. The zero-order valence-electron chi connectivity index (χ0n) is 16.2. The number of thiazole rings is 1. The number of carbonyl (C=O) groups excluding carboxylic acids is 1. The van der Waals surface area contributed by atoms with Gasteiger partial charge in [-0.2, -0.15) is 13.2 Å². The second kappa shape index (κ2) is 8.71. The predicted molar refractivity (Wildman–Crippen MR) is 112 cm³/mol. The Hall–Kier alpha value is -3.25. The topological polar surface area (TPSA) is 72.7 Å². The van der Waals surface area contributed by atoms with E-state index in [4.69, 9.17) is 0 Å². The fourth-order valence-electron chi connectivity index (χ4n) is 2.73. The summed E-state index contributed by atoms with van der Waals surface area (Å²) < 4.78 is 55.6. The van der Waals surface area contributed by atoms with E-state index in [0.29, 0.717) is 10.4 Å². The third-order valence-electron chi connectivity index (χ3n) is 4.14. The molecule has 0 saturated heterocycles. The van der Waals surface area contributed by atoms with Gasteiger partial charge in [0.15, 0.2) is 15.7 Å². The molecule has 1 N–H and O–H groups in total. The molecule has 0 bridgehead atoms. The highest BCUT2D eigenvalue weighted by molar-refractivity contribution is 8.01. The minimum Gasteiger partial charge on any atom is -0.321 e. The molecule has 0 saturated carbocycles. The van der Waals surface area contributed by atoms with Gasteiger partial charge in [-0.15, -0.1) is 16.4 Å². The van der Waals surface area contributed by atoms with Crippen LogP contribution in [0.3, 0.4) is 0 Å².